The number of piperazine rings is 1. The van der Waals surface area contributed by atoms with Gasteiger partial charge in [-0.1, -0.05) is 30.3 Å². The summed E-state index contributed by atoms with van der Waals surface area (Å²) >= 11 is 0. The van der Waals surface area contributed by atoms with Crippen LogP contribution in [0.2, 0.25) is 0 Å². The quantitative estimate of drug-likeness (QED) is 0.592. The predicted molar refractivity (Wildman–Crippen MR) is 98.3 cm³/mol. The average molecular weight is 341 g/mol. The van der Waals surface area contributed by atoms with Crippen molar-refractivity contribution < 1.29 is 4.79 Å². The van der Waals surface area contributed by atoms with Crippen molar-refractivity contribution in [1.29, 1.82) is 5.26 Å². The van der Waals surface area contributed by atoms with Gasteiger partial charge in [-0.3, -0.25) is 9.69 Å². The SMILES string of the molecule is CCN(/C=C(/C#N)C(=O)N1CCN(CCN)CC1)Cc1ccccc1. The molecule has 134 valence electrons. The number of carbonyl (C=O) groups is 1. The first-order valence-electron chi connectivity index (χ1n) is 8.79. The lowest BCUT2D eigenvalue weighted by Gasteiger charge is -2.34. The summed E-state index contributed by atoms with van der Waals surface area (Å²) in [5, 5.41) is 9.45. The van der Waals surface area contributed by atoms with E-state index in [0.717, 1.165) is 31.7 Å². The van der Waals surface area contributed by atoms with Gasteiger partial charge in [-0.15, -0.1) is 0 Å². The molecule has 0 saturated carbocycles. The Morgan fingerprint density at radius 2 is 1.96 bits per heavy atom. The number of benzene rings is 1. The van der Waals surface area contributed by atoms with Crippen molar-refractivity contribution in [3.8, 4) is 6.07 Å². The molecule has 25 heavy (non-hydrogen) atoms. The molecular weight excluding hydrogens is 314 g/mol. The Kier molecular flexibility index (Phi) is 7.45. The van der Waals surface area contributed by atoms with Crippen LogP contribution in [0.25, 0.3) is 0 Å². The summed E-state index contributed by atoms with van der Waals surface area (Å²) in [4.78, 5) is 18.7. The molecule has 0 spiro atoms. The van der Waals surface area contributed by atoms with Crippen LogP contribution in [0.1, 0.15) is 12.5 Å². The Hall–Kier alpha value is -2.36. The lowest BCUT2D eigenvalue weighted by atomic mass is 10.2. The van der Waals surface area contributed by atoms with E-state index in [1.54, 1.807) is 11.1 Å². The molecule has 0 radical (unpaired) electrons. The van der Waals surface area contributed by atoms with E-state index in [0.29, 0.717) is 26.2 Å². The summed E-state index contributed by atoms with van der Waals surface area (Å²) in [6, 6.07) is 12.1. The number of hydrogen-bond acceptors (Lipinski definition) is 5. The fourth-order valence-corrected chi connectivity index (χ4v) is 2.91. The summed E-state index contributed by atoms with van der Waals surface area (Å²) in [6.07, 6.45) is 1.70. The lowest BCUT2D eigenvalue weighted by molar-refractivity contribution is -0.128. The largest absolute Gasteiger partial charge is 0.372 e. The molecule has 6 nitrogen and oxygen atoms in total. The van der Waals surface area contributed by atoms with E-state index < -0.39 is 0 Å². The molecule has 1 saturated heterocycles. The van der Waals surface area contributed by atoms with Crippen LogP contribution in [0.5, 0.6) is 0 Å². The minimum atomic E-state index is -0.179. The third kappa shape index (κ3) is 5.59. The second kappa shape index (κ2) is 9.82. The van der Waals surface area contributed by atoms with Crippen LogP contribution in [0.15, 0.2) is 42.1 Å². The molecule has 2 rings (SSSR count). The van der Waals surface area contributed by atoms with E-state index in [2.05, 4.69) is 11.0 Å². The summed E-state index contributed by atoms with van der Waals surface area (Å²) < 4.78 is 0. The molecule has 1 amide bonds. The number of amides is 1. The maximum atomic E-state index is 12.7. The molecule has 1 heterocycles. The number of nitrogens with two attached hydrogens (primary N) is 1. The summed E-state index contributed by atoms with van der Waals surface area (Å²) in [5.74, 6) is -0.179. The van der Waals surface area contributed by atoms with Gasteiger partial charge in [-0.2, -0.15) is 5.26 Å². The van der Waals surface area contributed by atoms with Crippen molar-refractivity contribution >= 4 is 5.91 Å². The van der Waals surface area contributed by atoms with Gasteiger partial charge < -0.3 is 15.5 Å². The van der Waals surface area contributed by atoms with Crippen LogP contribution in [-0.4, -0.2) is 66.4 Å². The fraction of sp³-hybridized carbons (Fsp3) is 0.474. The van der Waals surface area contributed by atoms with Crippen LogP contribution in [0, 0.1) is 11.3 Å². The summed E-state index contributed by atoms with van der Waals surface area (Å²) in [6.45, 7) is 7.81. The van der Waals surface area contributed by atoms with Crippen molar-refractivity contribution in [3.63, 3.8) is 0 Å². The van der Waals surface area contributed by atoms with E-state index in [1.165, 1.54) is 0 Å². The molecule has 0 atom stereocenters. The first kappa shape index (κ1) is 19.0. The van der Waals surface area contributed by atoms with Crippen LogP contribution >= 0.6 is 0 Å². The monoisotopic (exact) mass is 341 g/mol. The van der Waals surface area contributed by atoms with Crippen molar-refractivity contribution in [2.45, 2.75) is 13.5 Å². The second-order valence-electron chi connectivity index (χ2n) is 6.13. The van der Waals surface area contributed by atoms with Gasteiger partial charge in [0, 0.05) is 58.6 Å². The van der Waals surface area contributed by atoms with Crippen LogP contribution in [-0.2, 0) is 11.3 Å². The highest BCUT2D eigenvalue weighted by molar-refractivity contribution is 5.97. The zero-order chi connectivity index (χ0) is 18.1. The molecule has 0 unspecified atom stereocenters. The molecule has 1 fully saturated rings. The minimum absolute atomic E-state index is 0.179. The molecule has 1 aromatic rings. The average Bonchev–Trinajstić information content (AvgIpc) is 2.66. The van der Waals surface area contributed by atoms with E-state index in [1.807, 2.05) is 42.2 Å². The number of rotatable bonds is 7. The first-order valence-corrected chi connectivity index (χ1v) is 8.79. The maximum absolute atomic E-state index is 12.7. The molecule has 1 aliphatic rings. The Morgan fingerprint density at radius 1 is 1.28 bits per heavy atom. The van der Waals surface area contributed by atoms with Gasteiger partial charge in [-0.25, -0.2) is 0 Å². The molecular formula is C19H27N5O. The Labute approximate surface area is 150 Å². The summed E-state index contributed by atoms with van der Waals surface area (Å²) in [7, 11) is 0. The molecule has 0 bridgehead atoms. The molecule has 1 aromatic carbocycles. The Balaban J connectivity index is 2.00. The molecule has 0 aliphatic carbocycles. The normalized spacial score (nSPS) is 15.7. The van der Waals surface area contributed by atoms with Crippen molar-refractivity contribution in [3.05, 3.63) is 47.7 Å². The predicted octanol–water partition coefficient (Wildman–Crippen LogP) is 1.02. The number of nitrogens with zero attached hydrogens (tertiary/aromatic N) is 4. The van der Waals surface area contributed by atoms with Gasteiger partial charge in [0.1, 0.15) is 11.6 Å². The van der Waals surface area contributed by atoms with E-state index >= 15 is 0 Å². The standard InChI is InChI=1S/C19H27N5O/c1-2-22(15-17-6-4-3-5-7-17)16-18(14-21)19(25)24-12-10-23(9-8-20)11-13-24/h3-7,16H,2,8-13,15,20H2,1H3/b18-16-. The van der Waals surface area contributed by atoms with Crippen molar-refractivity contribution in [1.82, 2.24) is 14.7 Å². The third-order valence-electron chi connectivity index (χ3n) is 4.40. The van der Waals surface area contributed by atoms with Crippen LogP contribution in [0.4, 0.5) is 0 Å². The van der Waals surface area contributed by atoms with Gasteiger partial charge in [0.05, 0.1) is 0 Å². The molecule has 1 aliphatic heterocycles. The van der Waals surface area contributed by atoms with Gasteiger partial charge in [0.15, 0.2) is 0 Å². The van der Waals surface area contributed by atoms with Crippen molar-refractivity contribution in [2.24, 2.45) is 5.73 Å². The highest BCUT2D eigenvalue weighted by atomic mass is 16.2. The summed E-state index contributed by atoms with van der Waals surface area (Å²) in [5.41, 5.74) is 6.93. The Morgan fingerprint density at radius 3 is 2.52 bits per heavy atom. The van der Waals surface area contributed by atoms with Gasteiger partial charge in [-0.05, 0) is 12.5 Å². The van der Waals surface area contributed by atoms with Gasteiger partial charge >= 0.3 is 0 Å². The second-order valence-corrected chi connectivity index (χ2v) is 6.13. The highest BCUT2D eigenvalue weighted by Crippen LogP contribution is 2.10. The zero-order valence-corrected chi connectivity index (χ0v) is 14.9. The molecule has 0 aromatic heterocycles. The smallest absolute Gasteiger partial charge is 0.266 e. The topological polar surface area (TPSA) is 76.6 Å². The van der Waals surface area contributed by atoms with Crippen molar-refractivity contribution in [2.75, 3.05) is 45.8 Å². The van der Waals surface area contributed by atoms with Crippen LogP contribution < -0.4 is 5.73 Å². The van der Waals surface area contributed by atoms with Gasteiger partial charge in [0.25, 0.3) is 5.91 Å². The Bertz CT molecular complexity index is 614. The number of hydrogen-bond donors (Lipinski definition) is 1. The van der Waals surface area contributed by atoms with Crippen LogP contribution in [0.3, 0.4) is 0 Å². The van der Waals surface area contributed by atoms with Gasteiger partial charge in [0.2, 0.25) is 0 Å². The lowest BCUT2D eigenvalue weighted by Crippen LogP contribution is -2.50. The van der Waals surface area contributed by atoms with E-state index in [-0.39, 0.29) is 11.5 Å². The minimum Gasteiger partial charge on any atom is -0.372 e. The van der Waals surface area contributed by atoms with E-state index in [4.69, 9.17) is 5.73 Å². The third-order valence-corrected chi connectivity index (χ3v) is 4.40. The zero-order valence-electron chi connectivity index (χ0n) is 14.9. The first-order chi connectivity index (χ1) is 12.2. The number of nitriles is 1. The molecule has 2 N–H and O–H groups in total. The fourth-order valence-electron chi connectivity index (χ4n) is 2.91. The maximum Gasteiger partial charge on any atom is 0.266 e. The number of carbonyl (C=O) groups excluding carboxylic acids is 1. The van der Waals surface area contributed by atoms with E-state index in [9.17, 15) is 10.1 Å². The molecule has 6 heteroatoms. The highest BCUT2D eigenvalue weighted by Gasteiger charge is 2.23.